The maximum atomic E-state index is 6.02. The number of aromatic nitrogens is 1. The number of fused-ring (bicyclic) bond motifs is 1. The van der Waals surface area contributed by atoms with Gasteiger partial charge < -0.3 is 4.74 Å². The summed E-state index contributed by atoms with van der Waals surface area (Å²) in [6.07, 6.45) is 2.16. The largest absolute Gasteiger partial charge is 0.489 e. The molecule has 0 amide bonds. The fourth-order valence-electron chi connectivity index (χ4n) is 3.08. The molecule has 0 atom stereocenters. The molecule has 127 valence electrons. The van der Waals surface area contributed by atoms with Crippen LogP contribution in [0.15, 0.2) is 84.9 Å². The number of rotatable bonds is 5. The predicted octanol–water partition coefficient (Wildman–Crippen LogP) is 5.72. The van der Waals surface area contributed by atoms with Crippen LogP contribution in [0.4, 0.5) is 0 Å². The Balaban J connectivity index is 1.47. The van der Waals surface area contributed by atoms with Crippen LogP contribution in [0.2, 0.25) is 0 Å². The Hall–Kier alpha value is -3.13. The zero-order chi connectivity index (χ0) is 17.8. The molecule has 0 aliphatic carbocycles. The van der Waals surface area contributed by atoms with Gasteiger partial charge in [-0.2, -0.15) is 0 Å². The minimum atomic E-state index is 0.533. The van der Waals surface area contributed by atoms with Crippen molar-refractivity contribution in [3.8, 4) is 5.75 Å². The number of para-hydroxylation sites is 1. The van der Waals surface area contributed by atoms with E-state index in [2.05, 4.69) is 47.8 Å². The predicted molar refractivity (Wildman–Crippen MR) is 106 cm³/mol. The molecule has 1 radical (unpaired) electrons. The second kappa shape index (κ2) is 7.40. The fraction of sp³-hybridized carbons (Fsp3) is 0.0833. The number of nitrogens with zero attached hydrogens (tertiary/aromatic N) is 1. The standard InChI is InChI=1S/C24H20NO/c1-18-15-21(23-9-5-6-10-24(23)25-18)17-26-22-13-11-20(12-14-22)16-19-7-3-2-4-8-19/h2-16H,17H2,1H3. The van der Waals surface area contributed by atoms with Crippen LogP contribution in [0.3, 0.4) is 0 Å². The van der Waals surface area contributed by atoms with Gasteiger partial charge in [-0.05, 0) is 42.3 Å². The third-order valence-electron chi connectivity index (χ3n) is 4.34. The van der Waals surface area contributed by atoms with Gasteiger partial charge in [0.15, 0.2) is 0 Å². The first kappa shape index (κ1) is 16.3. The summed E-state index contributed by atoms with van der Waals surface area (Å²) in [5.41, 5.74) is 5.54. The van der Waals surface area contributed by atoms with Crippen molar-refractivity contribution in [2.24, 2.45) is 0 Å². The lowest BCUT2D eigenvalue weighted by Crippen LogP contribution is -1.99. The molecule has 26 heavy (non-hydrogen) atoms. The van der Waals surface area contributed by atoms with Crippen LogP contribution < -0.4 is 4.74 Å². The number of aryl methyl sites for hydroxylation is 1. The summed E-state index contributed by atoms with van der Waals surface area (Å²) in [5, 5.41) is 1.15. The molecule has 0 N–H and O–H groups in total. The summed E-state index contributed by atoms with van der Waals surface area (Å²) < 4.78 is 6.02. The molecule has 0 fully saturated rings. The minimum Gasteiger partial charge on any atom is -0.489 e. The van der Waals surface area contributed by atoms with E-state index in [4.69, 9.17) is 4.74 Å². The average Bonchev–Trinajstić information content (AvgIpc) is 2.68. The minimum absolute atomic E-state index is 0.533. The average molecular weight is 338 g/mol. The molecule has 0 bridgehead atoms. The van der Waals surface area contributed by atoms with E-state index in [1.807, 2.05) is 55.5 Å². The van der Waals surface area contributed by atoms with Crippen LogP contribution >= 0.6 is 0 Å². The lowest BCUT2D eigenvalue weighted by molar-refractivity contribution is 0.307. The van der Waals surface area contributed by atoms with E-state index in [1.54, 1.807) is 0 Å². The SMILES string of the molecule is Cc1cc(COc2ccc([CH]c3ccccc3)cc2)c2ccccc2n1. The van der Waals surface area contributed by atoms with E-state index in [0.717, 1.165) is 33.5 Å². The van der Waals surface area contributed by atoms with Gasteiger partial charge in [0.1, 0.15) is 12.4 Å². The van der Waals surface area contributed by atoms with E-state index in [9.17, 15) is 0 Å². The first-order valence-corrected chi connectivity index (χ1v) is 8.76. The molecule has 4 aromatic rings. The lowest BCUT2D eigenvalue weighted by Gasteiger charge is -2.10. The number of hydrogen-bond donors (Lipinski definition) is 0. The van der Waals surface area contributed by atoms with Crippen molar-refractivity contribution in [2.45, 2.75) is 13.5 Å². The Morgan fingerprint density at radius 3 is 2.31 bits per heavy atom. The molecule has 3 aromatic carbocycles. The van der Waals surface area contributed by atoms with Gasteiger partial charge in [-0.3, -0.25) is 4.98 Å². The first-order chi connectivity index (χ1) is 12.8. The van der Waals surface area contributed by atoms with E-state index in [-0.39, 0.29) is 0 Å². The second-order valence-corrected chi connectivity index (χ2v) is 6.35. The van der Waals surface area contributed by atoms with E-state index < -0.39 is 0 Å². The summed E-state index contributed by atoms with van der Waals surface area (Å²) in [7, 11) is 0. The van der Waals surface area contributed by atoms with Crippen LogP contribution in [-0.2, 0) is 6.61 Å². The van der Waals surface area contributed by atoms with Gasteiger partial charge in [-0.15, -0.1) is 0 Å². The number of hydrogen-bond acceptors (Lipinski definition) is 2. The maximum absolute atomic E-state index is 6.02. The van der Waals surface area contributed by atoms with Crippen LogP contribution in [0, 0.1) is 13.3 Å². The van der Waals surface area contributed by atoms with E-state index >= 15 is 0 Å². The summed E-state index contributed by atoms with van der Waals surface area (Å²) in [5.74, 6) is 0.869. The summed E-state index contributed by atoms with van der Waals surface area (Å²) in [4.78, 5) is 4.58. The van der Waals surface area contributed by atoms with Crippen molar-refractivity contribution in [3.05, 3.63) is 114 Å². The van der Waals surface area contributed by atoms with Crippen LogP contribution in [0.1, 0.15) is 22.4 Å². The third-order valence-corrected chi connectivity index (χ3v) is 4.34. The molecular weight excluding hydrogens is 318 g/mol. The number of ether oxygens (including phenoxy) is 1. The Kier molecular flexibility index (Phi) is 4.65. The highest BCUT2D eigenvalue weighted by molar-refractivity contribution is 5.82. The molecule has 0 saturated carbocycles. The lowest BCUT2D eigenvalue weighted by atomic mass is 10.1. The van der Waals surface area contributed by atoms with Crippen molar-refractivity contribution in [3.63, 3.8) is 0 Å². The van der Waals surface area contributed by atoms with Crippen LogP contribution in [-0.4, -0.2) is 4.98 Å². The molecular formula is C24H20NO. The normalized spacial score (nSPS) is 10.8. The first-order valence-electron chi connectivity index (χ1n) is 8.76. The smallest absolute Gasteiger partial charge is 0.119 e. The molecule has 0 aliphatic heterocycles. The Labute approximate surface area is 154 Å². The molecule has 2 nitrogen and oxygen atoms in total. The zero-order valence-corrected chi connectivity index (χ0v) is 14.7. The molecule has 2 heteroatoms. The van der Waals surface area contributed by atoms with E-state index in [0.29, 0.717) is 6.61 Å². The molecule has 4 rings (SSSR count). The molecule has 0 spiro atoms. The summed E-state index contributed by atoms with van der Waals surface area (Å²) in [6, 6.07) is 28.8. The van der Waals surface area contributed by atoms with Crippen molar-refractivity contribution in [1.29, 1.82) is 0 Å². The van der Waals surface area contributed by atoms with Crippen molar-refractivity contribution in [1.82, 2.24) is 4.98 Å². The molecule has 1 heterocycles. The van der Waals surface area contributed by atoms with Gasteiger partial charge in [0, 0.05) is 23.1 Å². The maximum Gasteiger partial charge on any atom is 0.119 e. The summed E-state index contributed by atoms with van der Waals surface area (Å²) >= 11 is 0. The van der Waals surface area contributed by atoms with Gasteiger partial charge >= 0.3 is 0 Å². The molecule has 0 aliphatic rings. The quantitative estimate of drug-likeness (QED) is 0.464. The Bertz CT molecular complexity index is 1010. The number of benzene rings is 3. The Morgan fingerprint density at radius 2 is 1.50 bits per heavy atom. The highest BCUT2D eigenvalue weighted by Crippen LogP contribution is 2.21. The molecule has 0 unspecified atom stereocenters. The van der Waals surface area contributed by atoms with Crippen LogP contribution in [0.5, 0.6) is 5.75 Å². The van der Waals surface area contributed by atoms with Gasteiger partial charge in [0.25, 0.3) is 0 Å². The third kappa shape index (κ3) is 3.75. The second-order valence-electron chi connectivity index (χ2n) is 6.35. The van der Waals surface area contributed by atoms with Crippen molar-refractivity contribution in [2.75, 3.05) is 0 Å². The summed E-state index contributed by atoms with van der Waals surface area (Å²) in [6.45, 7) is 2.55. The van der Waals surface area contributed by atoms with E-state index in [1.165, 1.54) is 5.56 Å². The van der Waals surface area contributed by atoms with Crippen LogP contribution in [0.25, 0.3) is 10.9 Å². The molecule has 1 aromatic heterocycles. The molecule has 0 saturated heterocycles. The van der Waals surface area contributed by atoms with Gasteiger partial charge in [0.05, 0.1) is 5.52 Å². The van der Waals surface area contributed by atoms with Crippen molar-refractivity contribution < 1.29 is 4.74 Å². The fourth-order valence-corrected chi connectivity index (χ4v) is 3.08. The topological polar surface area (TPSA) is 22.1 Å². The number of pyridine rings is 1. The van der Waals surface area contributed by atoms with Gasteiger partial charge in [-0.1, -0.05) is 60.7 Å². The van der Waals surface area contributed by atoms with Gasteiger partial charge in [-0.25, -0.2) is 0 Å². The Morgan fingerprint density at radius 1 is 0.808 bits per heavy atom. The highest BCUT2D eigenvalue weighted by atomic mass is 16.5. The van der Waals surface area contributed by atoms with Gasteiger partial charge in [0.2, 0.25) is 0 Å². The monoisotopic (exact) mass is 338 g/mol. The highest BCUT2D eigenvalue weighted by Gasteiger charge is 2.05. The zero-order valence-electron chi connectivity index (χ0n) is 14.7. The van der Waals surface area contributed by atoms with Crippen molar-refractivity contribution >= 4 is 10.9 Å².